The van der Waals surface area contributed by atoms with Crippen LogP contribution in [0.1, 0.15) is 15.9 Å². The fraction of sp³-hybridized carbons (Fsp3) is 0.0455. The minimum Gasteiger partial charge on any atom is -0.289 e. The molecule has 0 atom stereocenters. The van der Waals surface area contributed by atoms with E-state index < -0.39 is 0 Å². The maximum Gasteiger partial charge on any atom is 0.189 e. The van der Waals surface area contributed by atoms with Crippen molar-refractivity contribution in [3.8, 4) is 16.9 Å². The lowest BCUT2D eigenvalue weighted by atomic mass is 10.1. The zero-order chi connectivity index (χ0) is 19.5. The molecule has 0 saturated carbocycles. The first-order chi connectivity index (χ1) is 13.6. The van der Waals surface area contributed by atoms with Gasteiger partial charge in [0.15, 0.2) is 5.78 Å². The van der Waals surface area contributed by atoms with Gasteiger partial charge in [-0.1, -0.05) is 18.2 Å². The Morgan fingerprint density at radius 3 is 2.46 bits per heavy atom. The number of nitrogens with zero attached hydrogens (tertiary/aromatic N) is 4. The van der Waals surface area contributed by atoms with E-state index in [2.05, 4.69) is 10.2 Å². The first-order valence-corrected chi connectivity index (χ1v) is 8.72. The summed E-state index contributed by atoms with van der Waals surface area (Å²) in [5.41, 5.74) is 3.60. The second kappa shape index (κ2) is 7.44. The molecule has 2 aromatic heterocycles. The first-order valence-electron chi connectivity index (χ1n) is 8.72. The molecule has 138 valence electrons. The number of carbonyl (C=O) groups excluding carboxylic acids is 1. The smallest absolute Gasteiger partial charge is 0.189 e. The van der Waals surface area contributed by atoms with E-state index in [1.165, 1.54) is 24.4 Å². The Kier molecular flexibility index (Phi) is 4.68. The number of aryl methyl sites for hydroxylation is 1. The van der Waals surface area contributed by atoms with Crippen molar-refractivity contribution in [3.63, 3.8) is 0 Å². The molecule has 0 N–H and O–H groups in total. The fourth-order valence-electron chi connectivity index (χ4n) is 2.86. The number of aromatic nitrogens is 4. The number of allylic oxidation sites excluding steroid dienone is 1. The van der Waals surface area contributed by atoms with Crippen LogP contribution >= 0.6 is 0 Å². The van der Waals surface area contributed by atoms with Crippen LogP contribution in [0, 0.1) is 5.82 Å². The van der Waals surface area contributed by atoms with E-state index in [1.54, 1.807) is 40.8 Å². The van der Waals surface area contributed by atoms with Gasteiger partial charge in [0, 0.05) is 30.6 Å². The molecule has 0 bridgehead atoms. The Bertz CT molecular complexity index is 1140. The summed E-state index contributed by atoms with van der Waals surface area (Å²) in [6.07, 6.45) is 8.26. The average molecular weight is 372 g/mol. The topological polar surface area (TPSA) is 52.7 Å². The van der Waals surface area contributed by atoms with E-state index in [0.717, 1.165) is 16.8 Å². The molecule has 0 fully saturated rings. The van der Waals surface area contributed by atoms with Gasteiger partial charge in [-0.3, -0.25) is 9.48 Å². The molecular formula is C22H17FN4O. The first kappa shape index (κ1) is 17.6. The molecule has 2 heterocycles. The normalized spacial score (nSPS) is 11.2. The third-order valence-electron chi connectivity index (χ3n) is 4.28. The zero-order valence-electron chi connectivity index (χ0n) is 15.2. The zero-order valence-corrected chi connectivity index (χ0v) is 15.2. The molecule has 0 saturated heterocycles. The highest BCUT2D eigenvalue weighted by Crippen LogP contribution is 2.25. The fourth-order valence-corrected chi connectivity index (χ4v) is 2.86. The van der Waals surface area contributed by atoms with Crippen molar-refractivity contribution in [2.24, 2.45) is 7.05 Å². The summed E-state index contributed by atoms with van der Waals surface area (Å²) >= 11 is 0. The molecule has 5 nitrogen and oxygen atoms in total. The van der Waals surface area contributed by atoms with E-state index in [-0.39, 0.29) is 11.6 Å². The van der Waals surface area contributed by atoms with Crippen LogP contribution in [0.5, 0.6) is 0 Å². The van der Waals surface area contributed by atoms with Crippen LogP contribution in [0.2, 0.25) is 0 Å². The molecule has 2 aromatic carbocycles. The molecule has 0 amide bonds. The van der Waals surface area contributed by atoms with E-state index >= 15 is 0 Å². The summed E-state index contributed by atoms with van der Waals surface area (Å²) in [6, 6.07) is 15.8. The number of rotatable bonds is 5. The number of carbonyl (C=O) groups is 1. The van der Waals surface area contributed by atoms with Crippen molar-refractivity contribution in [1.29, 1.82) is 0 Å². The van der Waals surface area contributed by atoms with Crippen molar-refractivity contribution in [1.82, 2.24) is 19.6 Å². The van der Waals surface area contributed by atoms with Crippen LogP contribution in [0.3, 0.4) is 0 Å². The summed E-state index contributed by atoms with van der Waals surface area (Å²) in [6.45, 7) is 0. The van der Waals surface area contributed by atoms with E-state index in [1.807, 2.05) is 36.5 Å². The van der Waals surface area contributed by atoms with E-state index in [0.29, 0.717) is 11.3 Å². The SMILES string of the molecule is Cn1cc(C(=O)/C=C/c2cn(-c3ccccc3)nc2-c2ccc(F)cc2)cn1. The minimum absolute atomic E-state index is 0.148. The van der Waals surface area contributed by atoms with Crippen molar-refractivity contribution in [2.75, 3.05) is 0 Å². The van der Waals surface area contributed by atoms with Gasteiger partial charge in [0.1, 0.15) is 5.82 Å². The Hall–Kier alpha value is -3.80. The number of ketones is 1. The van der Waals surface area contributed by atoms with Gasteiger partial charge in [-0.15, -0.1) is 0 Å². The lowest BCUT2D eigenvalue weighted by Gasteiger charge is -2.00. The van der Waals surface area contributed by atoms with Gasteiger partial charge < -0.3 is 0 Å². The lowest BCUT2D eigenvalue weighted by Crippen LogP contribution is -1.94. The van der Waals surface area contributed by atoms with Crippen molar-refractivity contribution in [2.45, 2.75) is 0 Å². The Labute approximate surface area is 161 Å². The van der Waals surface area contributed by atoms with Crippen molar-refractivity contribution in [3.05, 3.63) is 96.2 Å². The molecule has 0 radical (unpaired) electrons. The molecule has 4 aromatic rings. The van der Waals surface area contributed by atoms with Gasteiger partial charge in [-0.05, 0) is 48.6 Å². The van der Waals surface area contributed by atoms with Gasteiger partial charge >= 0.3 is 0 Å². The van der Waals surface area contributed by atoms with E-state index in [9.17, 15) is 9.18 Å². The van der Waals surface area contributed by atoms with Crippen LogP contribution < -0.4 is 0 Å². The quantitative estimate of drug-likeness (QED) is 0.387. The predicted molar refractivity (Wildman–Crippen MR) is 106 cm³/mol. The van der Waals surface area contributed by atoms with Crippen LogP contribution in [0.15, 0.2) is 79.3 Å². The molecule has 0 spiro atoms. The number of halogens is 1. The largest absolute Gasteiger partial charge is 0.289 e. The van der Waals surface area contributed by atoms with Crippen molar-refractivity contribution >= 4 is 11.9 Å². The third kappa shape index (κ3) is 3.66. The maximum atomic E-state index is 13.3. The molecule has 6 heteroatoms. The van der Waals surface area contributed by atoms with Gasteiger partial charge in [0.05, 0.1) is 23.1 Å². The van der Waals surface area contributed by atoms with Crippen LogP contribution in [0.25, 0.3) is 23.0 Å². The number of hydrogen-bond acceptors (Lipinski definition) is 3. The maximum absolute atomic E-state index is 13.3. The second-order valence-electron chi connectivity index (χ2n) is 6.32. The summed E-state index contributed by atoms with van der Waals surface area (Å²) in [5, 5.41) is 8.67. The third-order valence-corrected chi connectivity index (χ3v) is 4.28. The highest BCUT2D eigenvalue weighted by atomic mass is 19.1. The molecule has 0 aliphatic carbocycles. The van der Waals surface area contributed by atoms with Gasteiger partial charge in [-0.25, -0.2) is 9.07 Å². The van der Waals surface area contributed by atoms with Crippen LogP contribution in [0.4, 0.5) is 4.39 Å². The molecule has 4 rings (SSSR count). The molecule has 0 unspecified atom stereocenters. The van der Waals surface area contributed by atoms with Gasteiger partial charge in [-0.2, -0.15) is 10.2 Å². The molecule has 0 aliphatic heterocycles. The molecule has 28 heavy (non-hydrogen) atoms. The van der Waals surface area contributed by atoms with Gasteiger partial charge in [0.2, 0.25) is 0 Å². The minimum atomic E-state index is -0.310. The van der Waals surface area contributed by atoms with Crippen LogP contribution in [-0.4, -0.2) is 25.3 Å². The molecular weight excluding hydrogens is 355 g/mol. The summed E-state index contributed by atoms with van der Waals surface area (Å²) in [7, 11) is 1.76. The second-order valence-corrected chi connectivity index (χ2v) is 6.32. The van der Waals surface area contributed by atoms with E-state index in [4.69, 9.17) is 0 Å². The Morgan fingerprint density at radius 1 is 1.04 bits per heavy atom. The molecule has 0 aliphatic rings. The predicted octanol–water partition coefficient (Wildman–Crippen LogP) is 4.31. The Morgan fingerprint density at radius 2 is 1.79 bits per heavy atom. The van der Waals surface area contributed by atoms with Crippen LogP contribution in [-0.2, 0) is 7.05 Å². The monoisotopic (exact) mass is 372 g/mol. The summed E-state index contributed by atoms with van der Waals surface area (Å²) < 4.78 is 16.6. The standard InChI is InChI=1S/C22H17FN4O/c1-26-14-18(13-24-26)21(28)12-9-17-15-27(20-5-3-2-4-6-20)25-22(17)16-7-10-19(23)11-8-16/h2-15H,1H3/b12-9+. The average Bonchev–Trinajstić information content (AvgIpc) is 3.34. The number of para-hydroxylation sites is 1. The van der Waals surface area contributed by atoms with Crippen molar-refractivity contribution < 1.29 is 9.18 Å². The number of hydrogen-bond donors (Lipinski definition) is 0. The summed E-state index contributed by atoms with van der Waals surface area (Å²) in [5.74, 6) is -0.458. The lowest BCUT2D eigenvalue weighted by molar-refractivity contribution is 0.104. The number of benzene rings is 2. The van der Waals surface area contributed by atoms with Gasteiger partial charge in [0.25, 0.3) is 0 Å². The summed E-state index contributed by atoms with van der Waals surface area (Å²) in [4.78, 5) is 12.4. The highest BCUT2D eigenvalue weighted by molar-refractivity contribution is 6.06. The highest BCUT2D eigenvalue weighted by Gasteiger charge is 2.12. The Balaban J connectivity index is 1.74.